The molecule has 0 unspecified atom stereocenters. The normalized spacial score (nSPS) is 24.8. The summed E-state index contributed by atoms with van der Waals surface area (Å²) in [5, 5.41) is 0. The van der Waals surface area contributed by atoms with Crippen molar-refractivity contribution in [2.24, 2.45) is 5.92 Å². The topological polar surface area (TPSA) is 39.5 Å². The number of hydrogen-bond donors (Lipinski definition) is 0. The molecular weight excluding hydrogens is 338 g/mol. The molecule has 5 heteroatoms. The minimum absolute atomic E-state index is 0.312. The highest BCUT2D eigenvalue weighted by Gasteiger charge is 2.32. The van der Waals surface area contributed by atoms with Crippen molar-refractivity contribution in [1.82, 2.24) is 14.5 Å². The van der Waals surface area contributed by atoms with Gasteiger partial charge in [-0.15, -0.1) is 0 Å². The van der Waals surface area contributed by atoms with E-state index in [0.29, 0.717) is 6.79 Å². The first-order valence-corrected chi connectivity index (χ1v) is 10.5. The van der Waals surface area contributed by atoms with Crippen LogP contribution in [0.25, 0.3) is 11.4 Å². The van der Waals surface area contributed by atoms with Gasteiger partial charge in [0, 0.05) is 30.5 Å². The summed E-state index contributed by atoms with van der Waals surface area (Å²) in [5.41, 5.74) is 2.33. The predicted octanol–water partition coefficient (Wildman–Crippen LogP) is 4.24. The molecule has 4 heterocycles. The summed E-state index contributed by atoms with van der Waals surface area (Å²) in [6.45, 7) is 6.10. The first kappa shape index (κ1) is 17.1. The monoisotopic (exact) mass is 367 g/mol. The first-order chi connectivity index (χ1) is 13.3. The maximum atomic E-state index is 5.58. The van der Waals surface area contributed by atoms with Gasteiger partial charge in [-0.25, -0.2) is 4.98 Å². The van der Waals surface area contributed by atoms with Crippen LogP contribution in [0.2, 0.25) is 0 Å². The molecule has 0 spiro atoms. The van der Waals surface area contributed by atoms with E-state index in [-0.39, 0.29) is 0 Å². The number of nitrogens with zero attached hydrogens (tertiary/aromatic N) is 3. The Labute approximate surface area is 161 Å². The number of hydrogen-bond acceptors (Lipinski definition) is 4. The Morgan fingerprint density at radius 1 is 1.07 bits per heavy atom. The second kappa shape index (κ2) is 7.19. The van der Waals surface area contributed by atoms with Crippen molar-refractivity contribution < 1.29 is 9.47 Å². The minimum atomic E-state index is 0.312. The molecule has 0 radical (unpaired) electrons. The predicted molar refractivity (Wildman–Crippen MR) is 105 cm³/mol. The second-order valence-electron chi connectivity index (χ2n) is 8.25. The lowest BCUT2D eigenvalue weighted by Crippen LogP contribution is -2.48. The molecule has 1 aromatic heterocycles. The van der Waals surface area contributed by atoms with E-state index in [1.165, 1.54) is 57.2 Å². The van der Waals surface area contributed by atoms with Crippen LogP contribution >= 0.6 is 0 Å². The molecule has 0 saturated carbocycles. The molecule has 2 saturated heterocycles. The Balaban J connectivity index is 1.34. The zero-order valence-electron chi connectivity index (χ0n) is 16.2. The maximum Gasteiger partial charge on any atom is 0.231 e. The number of aryl methyl sites for hydroxylation is 2. The van der Waals surface area contributed by atoms with E-state index in [1.54, 1.807) is 0 Å². The molecule has 144 valence electrons. The van der Waals surface area contributed by atoms with Gasteiger partial charge in [0.25, 0.3) is 0 Å². The van der Waals surface area contributed by atoms with Crippen LogP contribution in [-0.4, -0.2) is 40.4 Å². The Hall–Kier alpha value is -2.01. The fourth-order valence-electron chi connectivity index (χ4n) is 5.24. The lowest BCUT2D eigenvalue weighted by molar-refractivity contribution is 0.0539. The molecule has 5 nitrogen and oxygen atoms in total. The van der Waals surface area contributed by atoms with E-state index in [1.807, 2.05) is 6.20 Å². The second-order valence-corrected chi connectivity index (χ2v) is 8.25. The van der Waals surface area contributed by atoms with Gasteiger partial charge in [0.15, 0.2) is 11.5 Å². The van der Waals surface area contributed by atoms with Crippen molar-refractivity contribution in [3.05, 3.63) is 30.1 Å². The van der Waals surface area contributed by atoms with Crippen LogP contribution in [0.4, 0.5) is 0 Å². The van der Waals surface area contributed by atoms with Crippen LogP contribution in [-0.2, 0) is 6.54 Å². The Kier molecular flexibility index (Phi) is 4.56. The lowest BCUT2D eigenvalue weighted by atomic mass is 9.81. The zero-order chi connectivity index (χ0) is 18.2. The molecule has 2 aromatic rings. The molecule has 0 amide bonds. The summed E-state index contributed by atoms with van der Waals surface area (Å²) in [6, 6.07) is 4.96. The van der Waals surface area contributed by atoms with E-state index in [4.69, 9.17) is 9.47 Å². The fourth-order valence-corrected chi connectivity index (χ4v) is 5.24. The number of imidazole rings is 1. The number of piperidine rings is 2. The summed E-state index contributed by atoms with van der Waals surface area (Å²) in [5.74, 6) is 3.54. The van der Waals surface area contributed by atoms with Gasteiger partial charge in [-0.1, -0.05) is 6.42 Å². The van der Waals surface area contributed by atoms with Gasteiger partial charge in [0.05, 0.1) is 0 Å². The standard InChI is InChI=1S/C22H29N3O2/c1-16-13-20-21(27-15-26-20)14-18(16)22-23-8-12-25(22)11-7-17-5-4-10-24-9-3-2-6-19(17)24/h8,12-14,17,19H,2-7,9-11,15H2,1H3/t17-,19+/m0/s1. The third-order valence-corrected chi connectivity index (χ3v) is 6.65. The largest absolute Gasteiger partial charge is 0.454 e. The number of ether oxygens (including phenoxy) is 2. The van der Waals surface area contributed by atoms with Gasteiger partial charge in [0.2, 0.25) is 6.79 Å². The lowest BCUT2D eigenvalue weighted by Gasteiger charge is -2.44. The van der Waals surface area contributed by atoms with Crippen LogP contribution in [0, 0.1) is 12.8 Å². The van der Waals surface area contributed by atoms with Crippen molar-refractivity contribution in [1.29, 1.82) is 0 Å². The average Bonchev–Trinajstić information content (AvgIpc) is 3.34. The van der Waals surface area contributed by atoms with E-state index in [9.17, 15) is 0 Å². The van der Waals surface area contributed by atoms with E-state index in [2.05, 4.69) is 39.7 Å². The van der Waals surface area contributed by atoms with Crippen molar-refractivity contribution in [3.8, 4) is 22.9 Å². The molecule has 3 aliphatic heterocycles. The molecule has 1 aromatic carbocycles. The third-order valence-electron chi connectivity index (χ3n) is 6.65. The average molecular weight is 367 g/mol. The summed E-state index contributed by atoms with van der Waals surface area (Å²) >= 11 is 0. The van der Waals surface area contributed by atoms with Crippen LogP contribution in [0.1, 0.15) is 44.1 Å². The Morgan fingerprint density at radius 2 is 1.93 bits per heavy atom. The highest BCUT2D eigenvalue weighted by atomic mass is 16.7. The summed E-state index contributed by atoms with van der Waals surface area (Å²) in [6.07, 6.45) is 12.2. The fraction of sp³-hybridized carbons (Fsp3) is 0.591. The SMILES string of the molecule is Cc1cc2c(cc1-c1nccn1CC[C@@H]1CCCN3CCCC[C@H]13)OCO2. The molecule has 2 atom stereocenters. The molecule has 2 fully saturated rings. The molecule has 0 aliphatic carbocycles. The summed E-state index contributed by atoms with van der Waals surface area (Å²) in [4.78, 5) is 7.43. The minimum Gasteiger partial charge on any atom is -0.454 e. The van der Waals surface area contributed by atoms with Crippen LogP contribution in [0.5, 0.6) is 11.5 Å². The quantitative estimate of drug-likeness (QED) is 0.810. The summed E-state index contributed by atoms with van der Waals surface area (Å²) < 4.78 is 13.4. The number of fused-ring (bicyclic) bond motifs is 2. The third kappa shape index (κ3) is 3.22. The molecule has 5 rings (SSSR count). The highest BCUT2D eigenvalue weighted by molar-refractivity contribution is 5.66. The van der Waals surface area contributed by atoms with Gasteiger partial charge < -0.3 is 18.9 Å². The van der Waals surface area contributed by atoms with Crippen molar-refractivity contribution in [2.45, 2.75) is 58.0 Å². The van der Waals surface area contributed by atoms with Crippen molar-refractivity contribution in [3.63, 3.8) is 0 Å². The van der Waals surface area contributed by atoms with Gasteiger partial charge in [0.1, 0.15) is 5.82 Å². The Morgan fingerprint density at radius 3 is 2.85 bits per heavy atom. The van der Waals surface area contributed by atoms with Crippen LogP contribution in [0.3, 0.4) is 0 Å². The van der Waals surface area contributed by atoms with Gasteiger partial charge in [-0.05, 0) is 75.7 Å². The summed E-state index contributed by atoms with van der Waals surface area (Å²) in [7, 11) is 0. The van der Waals surface area contributed by atoms with Crippen molar-refractivity contribution >= 4 is 0 Å². The van der Waals surface area contributed by atoms with Gasteiger partial charge >= 0.3 is 0 Å². The number of aromatic nitrogens is 2. The van der Waals surface area contributed by atoms with E-state index < -0.39 is 0 Å². The van der Waals surface area contributed by atoms with Gasteiger partial charge in [-0.2, -0.15) is 0 Å². The number of rotatable bonds is 4. The first-order valence-electron chi connectivity index (χ1n) is 10.5. The van der Waals surface area contributed by atoms with E-state index in [0.717, 1.165) is 41.4 Å². The van der Waals surface area contributed by atoms with E-state index >= 15 is 0 Å². The molecule has 0 bridgehead atoms. The van der Waals surface area contributed by atoms with Crippen LogP contribution in [0.15, 0.2) is 24.5 Å². The zero-order valence-corrected chi connectivity index (χ0v) is 16.2. The number of benzene rings is 1. The van der Waals surface area contributed by atoms with Crippen molar-refractivity contribution in [2.75, 3.05) is 19.9 Å². The van der Waals surface area contributed by atoms with Crippen LogP contribution < -0.4 is 9.47 Å². The highest BCUT2D eigenvalue weighted by Crippen LogP contribution is 2.38. The Bertz CT molecular complexity index is 814. The molecular formula is C22H29N3O2. The molecule has 27 heavy (non-hydrogen) atoms. The maximum absolute atomic E-state index is 5.58. The molecule has 3 aliphatic rings. The molecule has 0 N–H and O–H groups in total. The van der Waals surface area contributed by atoms with Gasteiger partial charge in [-0.3, -0.25) is 0 Å². The smallest absolute Gasteiger partial charge is 0.231 e.